The Morgan fingerprint density at radius 2 is 2.08 bits per heavy atom. The topological polar surface area (TPSA) is 52.6 Å². The maximum atomic E-state index is 10.9. The molecule has 0 N–H and O–H groups in total. The number of carbonyl (C=O) groups excluding carboxylic acids is 2. The summed E-state index contributed by atoms with van der Waals surface area (Å²) in [5.74, 6) is -1.10. The molecule has 0 aliphatic carbocycles. The lowest BCUT2D eigenvalue weighted by atomic mass is 10.7. The lowest BCUT2D eigenvalue weighted by Gasteiger charge is -1.99. The Balaban J connectivity index is 3.77. The third-order valence-corrected chi connectivity index (χ3v) is 1.77. The van der Waals surface area contributed by atoms with Crippen LogP contribution in [0.5, 0.6) is 0 Å². The fourth-order valence-corrected chi connectivity index (χ4v) is 1.09. The molecule has 0 heterocycles. The Morgan fingerprint density at radius 1 is 1.46 bits per heavy atom. The van der Waals surface area contributed by atoms with Crippen LogP contribution in [0.4, 0.5) is 0 Å². The maximum absolute atomic E-state index is 10.9. The summed E-state index contributed by atoms with van der Waals surface area (Å²) >= 11 is 0. The first kappa shape index (κ1) is 11.8. The molecular weight excluding hydrogens is 188 g/mol. The fourth-order valence-electron chi connectivity index (χ4n) is 0.534. The minimum Gasteiger partial charge on any atom is -0.451 e. The molecule has 72 valence electrons. The molecule has 0 radical (unpaired) electrons. The van der Waals surface area contributed by atoms with Crippen molar-refractivity contribution in [3.63, 3.8) is 0 Å². The molecule has 0 unspecified atom stereocenters. The molecule has 0 spiro atoms. The molecule has 5 heteroatoms. The molecule has 0 rings (SSSR count). The van der Waals surface area contributed by atoms with E-state index in [4.69, 9.17) is 0 Å². The van der Waals surface area contributed by atoms with E-state index in [1.165, 1.54) is 5.67 Å². The van der Waals surface area contributed by atoms with Crippen LogP contribution in [0.1, 0.15) is 0 Å². The van der Waals surface area contributed by atoms with Gasteiger partial charge in [0, 0.05) is 14.1 Å². The van der Waals surface area contributed by atoms with Gasteiger partial charge in [0.15, 0.2) is 6.61 Å². The minimum atomic E-state index is -0.765. The van der Waals surface area contributed by atoms with E-state index >= 15 is 0 Å². The predicted octanol–water partition coefficient (Wildman–Crippen LogP) is 0.355. The zero-order valence-corrected chi connectivity index (χ0v) is 8.70. The SMILES string of the molecule is C=COC(=O)COC(=O)C=[Si](C)C. The van der Waals surface area contributed by atoms with E-state index in [0.717, 1.165) is 6.26 Å². The van der Waals surface area contributed by atoms with E-state index in [9.17, 15) is 9.59 Å². The largest absolute Gasteiger partial charge is 0.451 e. The number of carbonyl (C=O) groups is 2. The molecular formula is C8H12O4Si. The van der Waals surface area contributed by atoms with Gasteiger partial charge in [-0.15, -0.1) is 0 Å². The van der Waals surface area contributed by atoms with Crippen LogP contribution < -0.4 is 0 Å². The first-order chi connectivity index (χ1) is 6.06. The van der Waals surface area contributed by atoms with Crippen LogP contribution in [0, 0.1) is 0 Å². The Labute approximate surface area is 78.4 Å². The normalized spacial score (nSPS) is 8.46. The van der Waals surface area contributed by atoms with Gasteiger partial charge < -0.3 is 9.47 Å². The van der Waals surface area contributed by atoms with Gasteiger partial charge in [0.05, 0.1) is 6.26 Å². The van der Waals surface area contributed by atoms with Gasteiger partial charge in [0.2, 0.25) is 0 Å². The number of hydrogen-bond donors (Lipinski definition) is 0. The first-order valence-electron chi connectivity index (χ1n) is 3.68. The summed E-state index contributed by atoms with van der Waals surface area (Å²) in [5.41, 5.74) is 1.48. The predicted molar refractivity (Wildman–Crippen MR) is 50.8 cm³/mol. The van der Waals surface area contributed by atoms with Crippen molar-refractivity contribution >= 4 is 26.0 Å². The number of hydrogen-bond acceptors (Lipinski definition) is 4. The highest BCUT2D eigenvalue weighted by Gasteiger charge is 2.04. The van der Waals surface area contributed by atoms with Crippen LogP contribution >= 0.6 is 0 Å². The van der Waals surface area contributed by atoms with E-state index < -0.39 is 20.3 Å². The molecule has 13 heavy (non-hydrogen) atoms. The summed E-state index contributed by atoms with van der Waals surface area (Å²) in [6, 6.07) is 0. The Morgan fingerprint density at radius 3 is 2.54 bits per heavy atom. The molecule has 0 aliphatic heterocycles. The zero-order chi connectivity index (χ0) is 10.3. The highest BCUT2D eigenvalue weighted by molar-refractivity contribution is 6.73. The molecule has 0 amide bonds. The molecule has 0 bridgehead atoms. The summed E-state index contributed by atoms with van der Waals surface area (Å²) in [6.07, 6.45) is 0.995. The van der Waals surface area contributed by atoms with Crippen molar-refractivity contribution in [2.24, 2.45) is 0 Å². The second kappa shape index (κ2) is 6.30. The lowest BCUT2D eigenvalue weighted by molar-refractivity contribution is -0.150. The van der Waals surface area contributed by atoms with E-state index in [1.807, 2.05) is 13.1 Å². The maximum Gasteiger partial charge on any atom is 0.349 e. The molecule has 0 atom stereocenters. The highest BCUT2D eigenvalue weighted by atomic mass is 28.2. The van der Waals surface area contributed by atoms with Crippen molar-refractivity contribution in [3.05, 3.63) is 12.8 Å². The second-order valence-corrected chi connectivity index (χ2v) is 4.93. The third kappa shape index (κ3) is 7.14. The van der Waals surface area contributed by atoms with E-state index in [0.29, 0.717) is 0 Å². The van der Waals surface area contributed by atoms with Crippen LogP contribution in [0.3, 0.4) is 0 Å². The van der Waals surface area contributed by atoms with Gasteiger partial charge in [0.25, 0.3) is 0 Å². The van der Waals surface area contributed by atoms with Crippen molar-refractivity contribution in [2.45, 2.75) is 13.1 Å². The molecule has 0 fully saturated rings. The molecule has 0 aliphatic rings. The van der Waals surface area contributed by atoms with Crippen LogP contribution in [-0.2, 0) is 19.1 Å². The molecule has 0 aromatic carbocycles. The van der Waals surface area contributed by atoms with Crippen LogP contribution in [-0.4, -0.2) is 32.6 Å². The Hall–Kier alpha value is -1.23. The number of ether oxygens (including phenoxy) is 2. The van der Waals surface area contributed by atoms with Gasteiger partial charge in [0.1, 0.15) is 0 Å². The summed E-state index contributed by atoms with van der Waals surface area (Å²) in [6.45, 7) is 6.70. The number of esters is 2. The smallest absolute Gasteiger partial charge is 0.349 e. The van der Waals surface area contributed by atoms with Gasteiger partial charge in [-0.3, -0.25) is 0 Å². The number of rotatable bonds is 4. The zero-order valence-electron chi connectivity index (χ0n) is 7.70. The molecule has 0 aromatic rings. The summed E-state index contributed by atoms with van der Waals surface area (Å²) < 4.78 is 8.92. The Kier molecular flexibility index (Phi) is 5.70. The van der Waals surface area contributed by atoms with Gasteiger partial charge >= 0.3 is 11.9 Å². The minimum absolute atomic E-state index is 0.365. The third-order valence-electron chi connectivity index (χ3n) is 0.954. The Bertz CT molecular complexity index is 241. The monoisotopic (exact) mass is 200 g/mol. The van der Waals surface area contributed by atoms with Crippen molar-refractivity contribution in [3.8, 4) is 0 Å². The van der Waals surface area contributed by atoms with Crippen LogP contribution in [0.15, 0.2) is 12.8 Å². The fraction of sp³-hybridized carbons (Fsp3) is 0.375. The molecule has 0 saturated heterocycles. The van der Waals surface area contributed by atoms with Gasteiger partial charge in [-0.05, 0) is 0 Å². The van der Waals surface area contributed by atoms with E-state index in [2.05, 4.69) is 16.1 Å². The van der Waals surface area contributed by atoms with Gasteiger partial charge in [-0.25, -0.2) is 9.59 Å². The van der Waals surface area contributed by atoms with Crippen molar-refractivity contribution in [2.75, 3.05) is 6.61 Å². The summed E-state index contributed by atoms with van der Waals surface area (Å²) in [4.78, 5) is 21.5. The van der Waals surface area contributed by atoms with Gasteiger partial charge in [-0.2, -0.15) is 0 Å². The summed E-state index contributed by atoms with van der Waals surface area (Å²) in [7, 11) is -0.765. The standard InChI is InChI=1S/C8H12O4Si/c1-4-11-7(9)5-12-8(10)6-13(2)3/h4,6H,1,5H2,2-3H3. The molecule has 4 nitrogen and oxygen atoms in total. The van der Waals surface area contributed by atoms with Crippen molar-refractivity contribution in [1.29, 1.82) is 0 Å². The average molecular weight is 200 g/mol. The van der Waals surface area contributed by atoms with Gasteiger partial charge in [-0.1, -0.05) is 19.7 Å². The second-order valence-electron chi connectivity index (χ2n) is 2.49. The average Bonchev–Trinajstić information content (AvgIpc) is 2.00. The molecule has 0 saturated carbocycles. The first-order valence-corrected chi connectivity index (χ1v) is 6.26. The summed E-state index contributed by atoms with van der Waals surface area (Å²) in [5, 5.41) is 0. The van der Waals surface area contributed by atoms with Crippen molar-refractivity contribution < 1.29 is 19.1 Å². The van der Waals surface area contributed by atoms with Crippen LogP contribution in [0.25, 0.3) is 0 Å². The van der Waals surface area contributed by atoms with Crippen LogP contribution in [0.2, 0.25) is 13.1 Å². The van der Waals surface area contributed by atoms with E-state index in [-0.39, 0.29) is 6.61 Å². The lowest BCUT2D eigenvalue weighted by Crippen LogP contribution is -2.17. The van der Waals surface area contributed by atoms with E-state index in [1.54, 1.807) is 0 Å². The quantitative estimate of drug-likeness (QED) is 0.373. The highest BCUT2D eigenvalue weighted by Crippen LogP contribution is 1.82. The van der Waals surface area contributed by atoms with Crippen molar-refractivity contribution in [1.82, 2.24) is 0 Å². The molecule has 0 aromatic heterocycles.